The van der Waals surface area contributed by atoms with Gasteiger partial charge >= 0.3 is 0 Å². The molecule has 0 fully saturated rings. The summed E-state index contributed by atoms with van der Waals surface area (Å²) >= 11 is 1.40. The molecule has 0 saturated carbocycles. The van der Waals surface area contributed by atoms with Gasteiger partial charge < -0.3 is 15.8 Å². The summed E-state index contributed by atoms with van der Waals surface area (Å²) in [7, 11) is 0. The number of hydrogen-bond donors (Lipinski definition) is 2. The van der Waals surface area contributed by atoms with Gasteiger partial charge in [-0.3, -0.25) is 4.79 Å². The van der Waals surface area contributed by atoms with Gasteiger partial charge in [0.05, 0.1) is 12.3 Å². The second-order valence-electron chi connectivity index (χ2n) is 5.47. The molecule has 0 saturated heterocycles. The second kappa shape index (κ2) is 8.30. The minimum atomic E-state index is -0.0356. The molecule has 3 rings (SSSR count). The number of nitrogens with two attached hydrogens (primary N) is 1. The number of thiazole rings is 1. The fraction of sp³-hybridized carbons (Fsp3) is 0.158. The zero-order valence-electron chi connectivity index (χ0n) is 13.6. The van der Waals surface area contributed by atoms with Gasteiger partial charge in [0.25, 0.3) is 0 Å². The van der Waals surface area contributed by atoms with Crippen molar-refractivity contribution in [3.05, 3.63) is 60.0 Å². The van der Waals surface area contributed by atoms with E-state index in [-0.39, 0.29) is 5.91 Å². The Kier molecular flexibility index (Phi) is 5.64. The fourth-order valence-electron chi connectivity index (χ4n) is 2.34. The molecule has 1 aromatic heterocycles. The van der Waals surface area contributed by atoms with Gasteiger partial charge in [0.2, 0.25) is 5.91 Å². The van der Waals surface area contributed by atoms with E-state index in [1.165, 1.54) is 11.3 Å². The molecular weight excluding hydrogens is 334 g/mol. The van der Waals surface area contributed by atoms with E-state index in [1.807, 2.05) is 60.0 Å². The summed E-state index contributed by atoms with van der Waals surface area (Å²) in [5.41, 5.74) is 8.16. The Balaban J connectivity index is 1.48. The fourth-order valence-corrected chi connectivity index (χ4v) is 2.91. The summed E-state index contributed by atoms with van der Waals surface area (Å²) in [6, 6.07) is 17.2. The maximum atomic E-state index is 12.1. The maximum Gasteiger partial charge on any atom is 0.224 e. The molecule has 0 radical (unpaired) electrons. The molecule has 0 spiro atoms. The highest BCUT2D eigenvalue weighted by atomic mass is 32.1. The van der Waals surface area contributed by atoms with E-state index in [4.69, 9.17) is 10.5 Å². The number of aromatic nitrogens is 1. The summed E-state index contributed by atoms with van der Waals surface area (Å²) < 4.78 is 5.59. The SMILES string of the molecule is Nc1nc(-c2cccc(NC(=O)CCCOc3ccccc3)c2)cs1. The highest BCUT2D eigenvalue weighted by molar-refractivity contribution is 7.13. The van der Waals surface area contributed by atoms with E-state index in [0.717, 1.165) is 22.7 Å². The van der Waals surface area contributed by atoms with Crippen LogP contribution in [-0.2, 0) is 4.79 Å². The van der Waals surface area contributed by atoms with Crippen LogP contribution in [0.15, 0.2) is 60.0 Å². The van der Waals surface area contributed by atoms with Crippen molar-refractivity contribution in [2.45, 2.75) is 12.8 Å². The zero-order valence-corrected chi connectivity index (χ0v) is 14.5. The molecule has 2 aromatic carbocycles. The Morgan fingerprint density at radius 2 is 2.00 bits per heavy atom. The number of anilines is 2. The number of carbonyl (C=O) groups is 1. The lowest BCUT2D eigenvalue weighted by molar-refractivity contribution is -0.116. The molecule has 1 heterocycles. The Morgan fingerprint density at radius 3 is 2.76 bits per heavy atom. The van der Waals surface area contributed by atoms with E-state index >= 15 is 0 Å². The molecule has 25 heavy (non-hydrogen) atoms. The number of hydrogen-bond acceptors (Lipinski definition) is 5. The first-order chi connectivity index (χ1) is 12.2. The van der Waals surface area contributed by atoms with Crippen molar-refractivity contribution in [2.75, 3.05) is 17.7 Å². The van der Waals surface area contributed by atoms with E-state index in [2.05, 4.69) is 10.3 Å². The third-order valence-electron chi connectivity index (χ3n) is 3.52. The van der Waals surface area contributed by atoms with Crippen LogP contribution in [0.1, 0.15) is 12.8 Å². The van der Waals surface area contributed by atoms with Crippen LogP contribution in [0.5, 0.6) is 5.75 Å². The number of carbonyl (C=O) groups excluding carboxylic acids is 1. The van der Waals surface area contributed by atoms with E-state index in [1.54, 1.807) is 0 Å². The summed E-state index contributed by atoms with van der Waals surface area (Å²) in [4.78, 5) is 16.3. The third-order valence-corrected chi connectivity index (χ3v) is 4.20. The van der Waals surface area contributed by atoms with Crippen LogP contribution in [0.3, 0.4) is 0 Å². The molecule has 6 heteroatoms. The Bertz CT molecular complexity index is 833. The monoisotopic (exact) mass is 353 g/mol. The van der Waals surface area contributed by atoms with Gasteiger partial charge in [-0.05, 0) is 30.7 Å². The molecule has 0 unspecified atom stereocenters. The van der Waals surface area contributed by atoms with Crippen LogP contribution >= 0.6 is 11.3 Å². The summed E-state index contributed by atoms with van der Waals surface area (Å²) in [6.07, 6.45) is 1.06. The highest BCUT2D eigenvalue weighted by Crippen LogP contribution is 2.25. The zero-order chi connectivity index (χ0) is 17.5. The number of nitrogens with zero attached hydrogens (tertiary/aromatic N) is 1. The number of nitrogen functional groups attached to an aromatic ring is 1. The molecule has 0 atom stereocenters. The first-order valence-corrected chi connectivity index (χ1v) is 8.88. The van der Waals surface area contributed by atoms with E-state index in [0.29, 0.717) is 24.6 Å². The maximum absolute atomic E-state index is 12.1. The van der Waals surface area contributed by atoms with Crippen molar-refractivity contribution >= 4 is 28.1 Å². The molecule has 0 aliphatic rings. The number of benzene rings is 2. The molecule has 5 nitrogen and oxygen atoms in total. The van der Waals surface area contributed by atoms with Gasteiger partial charge in [-0.2, -0.15) is 0 Å². The van der Waals surface area contributed by atoms with Crippen LogP contribution in [0.2, 0.25) is 0 Å². The van der Waals surface area contributed by atoms with Gasteiger partial charge in [-0.15, -0.1) is 11.3 Å². The molecule has 0 bridgehead atoms. The smallest absolute Gasteiger partial charge is 0.224 e. The highest BCUT2D eigenvalue weighted by Gasteiger charge is 2.06. The number of para-hydroxylation sites is 1. The minimum absolute atomic E-state index is 0.0356. The van der Waals surface area contributed by atoms with Crippen molar-refractivity contribution in [1.29, 1.82) is 0 Å². The van der Waals surface area contributed by atoms with Gasteiger partial charge in [0.1, 0.15) is 5.75 Å². The van der Waals surface area contributed by atoms with Crippen molar-refractivity contribution in [3.8, 4) is 17.0 Å². The molecule has 3 aromatic rings. The predicted octanol–water partition coefficient (Wildman–Crippen LogP) is 4.19. The quantitative estimate of drug-likeness (QED) is 0.624. The lowest BCUT2D eigenvalue weighted by Gasteiger charge is -2.08. The van der Waals surface area contributed by atoms with Crippen molar-refractivity contribution in [3.63, 3.8) is 0 Å². The Labute approximate surface area is 150 Å². The third kappa shape index (κ3) is 5.06. The van der Waals surface area contributed by atoms with Crippen LogP contribution in [-0.4, -0.2) is 17.5 Å². The van der Waals surface area contributed by atoms with Gasteiger partial charge in [-0.25, -0.2) is 4.98 Å². The molecule has 0 aliphatic heterocycles. The van der Waals surface area contributed by atoms with E-state index < -0.39 is 0 Å². The van der Waals surface area contributed by atoms with Crippen molar-refractivity contribution in [1.82, 2.24) is 4.98 Å². The standard InChI is InChI=1S/C19H19N3O2S/c20-19-22-17(13-25-19)14-6-4-7-15(12-14)21-18(23)10-5-11-24-16-8-2-1-3-9-16/h1-4,6-9,12-13H,5,10-11H2,(H2,20,22)(H,21,23). The molecule has 3 N–H and O–H groups in total. The number of rotatable bonds is 7. The molecule has 128 valence electrons. The Hall–Kier alpha value is -2.86. The molecule has 1 amide bonds. The van der Waals surface area contributed by atoms with Crippen LogP contribution in [0.25, 0.3) is 11.3 Å². The average Bonchev–Trinajstić information content (AvgIpc) is 3.06. The van der Waals surface area contributed by atoms with E-state index in [9.17, 15) is 4.79 Å². The summed E-state index contributed by atoms with van der Waals surface area (Å²) in [6.45, 7) is 0.509. The molecule has 0 aliphatic carbocycles. The lowest BCUT2D eigenvalue weighted by Crippen LogP contribution is -2.12. The van der Waals surface area contributed by atoms with Crippen molar-refractivity contribution in [2.24, 2.45) is 0 Å². The van der Waals surface area contributed by atoms with Crippen molar-refractivity contribution < 1.29 is 9.53 Å². The summed E-state index contributed by atoms with van der Waals surface area (Å²) in [5, 5.41) is 5.34. The van der Waals surface area contributed by atoms with Gasteiger partial charge in [0, 0.05) is 23.1 Å². The normalized spacial score (nSPS) is 10.4. The largest absolute Gasteiger partial charge is 0.494 e. The number of amides is 1. The van der Waals surface area contributed by atoms with Gasteiger partial charge in [-0.1, -0.05) is 30.3 Å². The van der Waals surface area contributed by atoms with Crippen LogP contribution in [0.4, 0.5) is 10.8 Å². The Morgan fingerprint density at radius 1 is 1.16 bits per heavy atom. The van der Waals surface area contributed by atoms with Gasteiger partial charge in [0.15, 0.2) is 5.13 Å². The first kappa shape index (κ1) is 17.0. The molecular formula is C19H19N3O2S. The topological polar surface area (TPSA) is 77.2 Å². The average molecular weight is 353 g/mol. The summed E-state index contributed by atoms with van der Waals surface area (Å²) in [5.74, 6) is 0.782. The second-order valence-corrected chi connectivity index (χ2v) is 6.35. The lowest BCUT2D eigenvalue weighted by atomic mass is 10.1. The minimum Gasteiger partial charge on any atom is -0.494 e. The number of nitrogens with one attached hydrogen (secondary N) is 1. The number of ether oxygens (including phenoxy) is 1. The van der Waals surface area contributed by atoms with Crippen LogP contribution in [0, 0.1) is 0 Å². The van der Waals surface area contributed by atoms with Crippen LogP contribution < -0.4 is 15.8 Å². The predicted molar refractivity (Wildman–Crippen MR) is 102 cm³/mol. The first-order valence-electron chi connectivity index (χ1n) is 8.00.